The van der Waals surface area contributed by atoms with Crippen LogP contribution in [-0.4, -0.2) is 36.6 Å². The first-order valence-corrected chi connectivity index (χ1v) is 14.5. The Morgan fingerprint density at radius 2 is 1.51 bits per heavy atom. The fraction of sp³-hybridized carbons (Fsp3) is 0.897. The average Bonchev–Trinajstić information content (AvgIpc) is 2.81. The van der Waals surface area contributed by atoms with Gasteiger partial charge in [-0.2, -0.15) is 0 Å². The molecule has 204 valence electrons. The second-order valence-corrected chi connectivity index (χ2v) is 10.8. The highest BCUT2D eigenvalue weighted by Crippen LogP contribution is 2.32. The number of cyclic esters (lactones) is 1. The first-order chi connectivity index (χ1) is 16.9. The Balaban J connectivity index is 2.58. The lowest BCUT2D eigenvalue weighted by Crippen LogP contribution is -2.48. The van der Waals surface area contributed by atoms with Gasteiger partial charge < -0.3 is 14.8 Å². The van der Waals surface area contributed by atoms with Crippen molar-refractivity contribution in [1.29, 1.82) is 0 Å². The molecule has 6 nitrogen and oxygen atoms in total. The Hall–Kier alpha value is -1.59. The van der Waals surface area contributed by atoms with Crippen molar-refractivity contribution in [2.24, 2.45) is 11.8 Å². The number of amides is 1. The van der Waals surface area contributed by atoms with E-state index < -0.39 is 6.04 Å². The fourth-order valence-corrected chi connectivity index (χ4v) is 4.90. The van der Waals surface area contributed by atoms with Gasteiger partial charge in [-0.25, -0.2) is 4.79 Å². The number of hydrogen-bond acceptors (Lipinski definition) is 5. The number of carbonyl (C=O) groups excluding carboxylic acids is 3. The molecule has 0 unspecified atom stereocenters. The summed E-state index contributed by atoms with van der Waals surface area (Å²) in [5.41, 5.74) is 0. The van der Waals surface area contributed by atoms with Crippen molar-refractivity contribution in [3.05, 3.63) is 0 Å². The zero-order chi connectivity index (χ0) is 25.9. The monoisotopic (exact) mass is 495 g/mol. The lowest BCUT2D eigenvalue weighted by atomic mass is 9.86. The van der Waals surface area contributed by atoms with Crippen LogP contribution in [0.3, 0.4) is 0 Å². The summed E-state index contributed by atoms with van der Waals surface area (Å²) in [4.78, 5) is 36.0. The SMILES string of the molecule is CCCCCCCCCCC[C@H](C[C@@H]1OC(=O)[C@H]1CCCCCC)OC(=O)[C@H](CC(C)C)NC=O. The molecule has 1 fully saturated rings. The average molecular weight is 496 g/mol. The Kier molecular flexibility index (Phi) is 17.6. The van der Waals surface area contributed by atoms with E-state index in [1.54, 1.807) is 0 Å². The van der Waals surface area contributed by atoms with Crippen molar-refractivity contribution in [3.63, 3.8) is 0 Å². The predicted molar refractivity (Wildman–Crippen MR) is 141 cm³/mol. The van der Waals surface area contributed by atoms with E-state index in [0.717, 1.165) is 38.5 Å². The second-order valence-electron chi connectivity index (χ2n) is 10.8. The quantitative estimate of drug-likeness (QED) is 0.0949. The molecule has 1 amide bonds. The molecule has 0 saturated carbocycles. The summed E-state index contributed by atoms with van der Waals surface area (Å²) in [6, 6.07) is -0.632. The highest BCUT2D eigenvalue weighted by atomic mass is 16.6. The minimum atomic E-state index is -0.632. The summed E-state index contributed by atoms with van der Waals surface area (Å²) in [5.74, 6) is -0.302. The number of carbonyl (C=O) groups is 3. The third-order valence-corrected chi connectivity index (χ3v) is 7.06. The van der Waals surface area contributed by atoms with Crippen molar-refractivity contribution in [2.45, 2.75) is 155 Å². The Labute approximate surface area is 214 Å². The van der Waals surface area contributed by atoms with Crippen LogP contribution in [0.1, 0.15) is 137 Å². The summed E-state index contributed by atoms with van der Waals surface area (Å²) < 4.78 is 11.4. The van der Waals surface area contributed by atoms with Crippen molar-refractivity contribution in [3.8, 4) is 0 Å². The Bertz CT molecular complexity index is 579. The number of unbranched alkanes of at least 4 members (excludes halogenated alkanes) is 11. The van der Waals surface area contributed by atoms with Crippen LogP contribution < -0.4 is 5.32 Å². The number of nitrogens with one attached hydrogen (secondary N) is 1. The maximum absolute atomic E-state index is 12.9. The van der Waals surface area contributed by atoms with E-state index in [2.05, 4.69) is 19.2 Å². The van der Waals surface area contributed by atoms with Crippen LogP contribution in [0.4, 0.5) is 0 Å². The van der Waals surface area contributed by atoms with Gasteiger partial charge >= 0.3 is 11.9 Å². The molecular formula is C29H53NO5. The van der Waals surface area contributed by atoms with Gasteiger partial charge in [0.25, 0.3) is 0 Å². The molecule has 1 heterocycles. The van der Waals surface area contributed by atoms with Crippen molar-refractivity contribution in [2.75, 3.05) is 0 Å². The molecule has 1 aliphatic rings. The second kappa shape index (κ2) is 19.6. The molecule has 0 aliphatic carbocycles. The van der Waals surface area contributed by atoms with E-state index in [-0.39, 0.29) is 36.0 Å². The Morgan fingerprint density at radius 3 is 2.06 bits per heavy atom. The highest BCUT2D eigenvalue weighted by molar-refractivity contribution is 5.79. The first-order valence-electron chi connectivity index (χ1n) is 14.5. The van der Waals surface area contributed by atoms with Crippen LogP contribution in [0.2, 0.25) is 0 Å². The van der Waals surface area contributed by atoms with Crippen molar-refractivity contribution in [1.82, 2.24) is 5.32 Å². The molecule has 0 bridgehead atoms. The number of hydrogen-bond donors (Lipinski definition) is 1. The molecule has 0 spiro atoms. The van der Waals surface area contributed by atoms with Gasteiger partial charge in [0.05, 0.1) is 5.92 Å². The maximum atomic E-state index is 12.9. The molecule has 0 aromatic carbocycles. The van der Waals surface area contributed by atoms with Crippen LogP contribution >= 0.6 is 0 Å². The summed E-state index contributed by atoms with van der Waals surface area (Å²) in [7, 11) is 0. The molecule has 0 aromatic rings. The van der Waals surface area contributed by atoms with E-state index in [9.17, 15) is 14.4 Å². The van der Waals surface area contributed by atoms with Gasteiger partial charge in [0.1, 0.15) is 18.2 Å². The van der Waals surface area contributed by atoms with E-state index in [1.807, 2.05) is 13.8 Å². The summed E-state index contributed by atoms with van der Waals surface area (Å²) in [5, 5.41) is 2.62. The summed E-state index contributed by atoms with van der Waals surface area (Å²) in [6.07, 6.45) is 18.5. The molecule has 0 radical (unpaired) electrons. The first kappa shape index (κ1) is 31.4. The van der Waals surface area contributed by atoms with Gasteiger partial charge in [0.2, 0.25) is 6.41 Å². The molecule has 1 rings (SSSR count). The molecule has 1 N–H and O–H groups in total. The van der Waals surface area contributed by atoms with E-state index in [1.165, 1.54) is 57.8 Å². The minimum absolute atomic E-state index is 0.0734. The predicted octanol–water partition coefficient (Wildman–Crippen LogP) is 6.88. The maximum Gasteiger partial charge on any atom is 0.328 e. The Morgan fingerprint density at radius 1 is 0.943 bits per heavy atom. The molecule has 35 heavy (non-hydrogen) atoms. The van der Waals surface area contributed by atoms with Crippen LogP contribution in [0.25, 0.3) is 0 Å². The van der Waals surface area contributed by atoms with E-state index in [0.29, 0.717) is 19.3 Å². The fourth-order valence-electron chi connectivity index (χ4n) is 4.90. The van der Waals surface area contributed by atoms with Gasteiger partial charge in [-0.1, -0.05) is 105 Å². The number of esters is 2. The van der Waals surface area contributed by atoms with Crippen molar-refractivity contribution < 1.29 is 23.9 Å². The molecule has 0 aromatic heterocycles. The van der Waals surface area contributed by atoms with Gasteiger partial charge in [-0.3, -0.25) is 9.59 Å². The van der Waals surface area contributed by atoms with Crippen LogP contribution in [-0.2, 0) is 23.9 Å². The van der Waals surface area contributed by atoms with Gasteiger partial charge in [-0.15, -0.1) is 0 Å². The standard InChI is InChI=1S/C29H53NO5/c1-5-7-9-11-12-13-14-15-16-18-24(34-29(33)26(30-22-31)20-23(3)4)21-27-25(28(32)35-27)19-17-10-8-6-2/h22-27H,5-21H2,1-4H3,(H,30,31)/t24-,25+,26+,27+/m1/s1. The van der Waals surface area contributed by atoms with E-state index in [4.69, 9.17) is 9.47 Å². The van der Waals surface area contributed by atoms with Crippen LogP contribution in [0, 0.1) is 11.8 Å². The minimum Gasteiger partial charge on any atom is -0.461 e. The highest BCUT2D eigenvalue weighted by Gasteiger charge is 2.43. The molecule has 4 atom stereocenters. The van der Waals surface area contributed by atoms with Crippen LogP contribution in [0.15, 0.2) is 0 Å². The van der Waals surface area contributed by atoms with Crippen molar-refractivity contribution >= 4 is 18.3 Å². The third-order valence-electron chi connectivity index (χ3n) is 7.06. The lowest BCUT2D eigenvalue weighted by Gasteiger charge is -2.37. The summed E-state index contributed by atoms with van der Waals surface area (Å²) in [6.45, 7) is 8.45. The van der Waals surface area contributed by atoms with Crippen LogP contribution in [0.5, 0.6) is 0 Å². The normalized spacial score (nSPS) is 19.1. The summed E-state index contributed by atoms with van der Waals surface area (Å²) >= 11 is 0. The number of rotatable bonds is 23. The molecule has 6 heteroatoms. The van der Waals surface area contributed by atoms with Gasteiger partial charge in [0.15, 0.2) is 0 Å². The van der Waals surface area contributed by atoms with Gasteiger partial charge in [-0.05, 0) is 31.6 Å². The van der Waals surface area contributed by atoms with Gasteiger partial charge in [0, 0.05) is 6.42 Å². The molecular weight excluding hydrogens is 442 g/mol. The zero-order valence-electron chi connectivity index (χ0n) is 23.0. The lowest BCUT2D eigenvalue weighted by molar-refractivity contribution is -0.190. The smallest absolute Gasteiger partial charge is 0.328 e. The largest absolute Gasteiger partial charge is 0.461 e. The zero-order valence-corrected chi connectivity index (χ0v) is 23.0. The molecule has 1 saturated heterocycles. The molecule has 1 aliphatic heterocycles. The van der Waals surface area contributed by atoms with E-state index >= 15 is 0 Å². The number of ether oxygens (including phenoxy) is 2. The topological polar surface area (TPSA) is 81.7 Å². The third kappa shape index (κ3) is 13.9.